The quantitative estimate of drug-likeness (QED) is 0.446. The highest BCUT2D eigenvalue weighted by atomic mass is 31.1. The summed E-state index contributed by atoms with van der Waals surface area (Å²) in [6, 6.07) is 0. The molecule has 0 bridgehead atoms. The summed E-state index contributed by atoms with van der Waals surface area (Å²) >= 11 is 0. The summed E-state index contributed by atoms with van der Waals surface area (Å²) in [6.45, 7) is 5.64. The first-order valence-electron chi connectivity index (χ1n) is 3.37. The molecule has 1 N–H and O–H groups in total. The van der Waals surface area contributed by atoms with E-state index in [0.717, 1.165) is 8.73 Å². The monoisotopic (exact) mass is 133 g/mol. The Morgan fingerprint density at radius 3 is 2.62 bits per heavy atom. The minimum absolute atomic E-state index is 0.975. The third-order valence-electron chi connectivity index (χ3n) is 0.957. The SMILES string of the molecule is CCCCNPCC. The van der Waals surface area contributed by atoms with Crippen molar-refractivity contribution in [3.05, 3.63) is 0 Å². The van der Waals surface area contributed by atoms with Crippen LogP contribution in [0.2, 0.25) is 0 Å². The predicted octanol–water partition coefficient (Wildman–Crippen LogP) is 1.99. The van der Waals surface area contributed by atoms with Gasteiger partial charge >= 0.3 is 0 Å². The molecule has 1 unspecified atom stereocenters. The topological polar surface area (TPSA) is 12.0 Å². The Morgan fingerprint density at radius 1 is 1.38 bits per heavy atom. The van der Waals surface area contributed by atoms with Crippen molar-refractivity contribution in [2.75, 3.05) is 12.7 Å². The average molecular weight is 133 g/mol. The number of nitrogens with one attached hydrogen (secondary N) is 1. The molecule has 50 valence electrons. The molecule has 1 nitrogen and oxygen atoms in total. The third kappa shape index (κ3) is 6.39. The van der Waals surface area contributed by atoms with E-state index in [9.17, 15) is 0 Å². The van der Waals surface area contributed by atoms with Crippen molar-refractivity contribution in [1.29, 1.82) is 0 Å². The summed E-state index contributed by atoms with van der Waals surface area (Å²) in [5, 5.41) is 3.36. The zero-order valence-corrected chi connectivity index (χ0v) is 6.83. The van der Waals surface area contributed by atoms with Crippen LogP contribution in [0.1, 0.15) is 26.7 Å². The molecule has 1 atom stereocenters. The lowest BCUT2D eigenvalue weighted by atomic mass is 10.3. The molecule has 0 aromatic carbocycles. The van der Waals surface area contributed by atoms with Crippen molar-refractivity contribution < 1.29 is 0 Å². The molecule has 0 rings (SSSR count). The van der Waals surface area contributed by atoms with E-state index >= 15 is 0 Å². The van der Waals surface area contributed by atoms with E-state index in [0.29, 0.717) is 0 Å². The van der Waals surface area contributed by atoms with Crippen LogP contribution in [-0.4, -0.2) is 12.7 Å². The maximum absolute atomic E-state index is 3.36. The first kappa shape index (κ1) is 8.39. The summed E-state index contributed by atoms with van der Waals surface area (Å²) in [7, 11) is 0.975. The van der Waals surface area contributed by atoms with Crippen LogP contribution in [0.15, 0.2) is 0 Å². The van der Waals surface area contributed by atoms with Crippen LogP contribution in [0.25, 0.3) is 0 Å². The van der Waals surface area contributed by atoms with Gasteiger partial charge in [-0.25, -0.2) is 0 Å². The molecule has 0 fully saturated rings. The molecular formula is C6H16NP. The van der Waals surface area contributed by atoms with Gasteiger partial charge in [0.15, 0.2) is 0 Å². The standard InChI is InChI=1S/C6H16NP/c1-3-5-6-7-8-4-2/h7-8H,3-6H2,1-2H3. The number of hydrogen-bond donors (Lipinski definition) is 1. The highest BCUT2D eigenvalue weighted by Gasteiger charge is 1.80. The summed E-state index contributed by atoms with van der Waals surface area (Å²) in [4.78, 5) is 0. The Balaban J connectivity index is 2.53. The van der Waals surface area contributed by atoms with Gasteiger partial charge < -0.3 is 0 Å². The normalized spacial score (nSPS) is 11.2. The Bertz CT molecular complexity index is 33.5. The first-order valence-corrected chi connectivity index (χ1v) is 4.58. The summed E-state index contributed by atoms with van der Waals surface area (Å²) in [5.74, 6) is 0. The number of hydrogen-bond acceptors (Lipinski definition) is 1. The number of rotatable bonds is 5. The van der Waals surface area contributed by atoms with Crippen LogP contribution >= 0.6 is 8.73 Å². The Kier molecular flexibility index (Phi) is 7.75. The fourth-order valence-corrected chi connectivity index (χ4v) is 1.08. The molecule has 0 radical (unpaired) electrons. The molecule has 0 aliphatic heterocycles. The van der Waals surface area contributed by atoms with E-state index in [1.807, 2.05) is 0 Å². The molecule has 0 aromatic heterocycles. The van der Waals surface area contributed by atoms with Gasteiger partial charge in [0.25, 0.3) is 0 Å². The van der Waals surface area contributed by atoms with Crippen molar-refractivity contribution in [2.45, 2.75) is 26.7 Å². The van der Waals surface area contributed by atoms with Gasteiger partial charge in [0.05, 0.1) is 0 Å². The van der Waals surface area contributed by atoms with Crippen LogP contribution in [-0.2, 0) is 0 Å². The van der Waals surface area contributed by atoms with Crippen molar-refractivity contribution in [1.82, 2.24) is 5.09 Å². The molecule has 0 aliphatic carbocycles. The molecule has 2 heteroatoms. The first-order chi connectivity index (χ1) is 3.91. The van der Waals surface area contributed by atoms with Crippen LogP contribution in [0.5, 0.6) is 0 Å². The maximum atomic E-state index is 3.36. The molecule has 8 heavy (non-hydrogen) atoms. The van der Waals surface area contributed by atoms with E-state index in [-0.39, 0.29) is 0 Å². The summed E-state index contributed by atoms with van der Waals surface area (Å²) in [5.41, 5.74) is 0. The van der Waals surface area contributed by atoms with Gasteiger partial charge in [-0.05, 0) is 19.1 Å². The van der Waals surface area contributed by atoms with Crippen molar-refractivity contribution in [3.63, 3.8) is 0 Å². The van der Waals surface area contributed by atoms with E-state index in [1.165, 1.54) is 25.5 Å². The zero-order valence-electron chi connectivity index (χ0n) is 5.83. The largest absolute Gasteiger partial charge is 0.298 e. The van der Waals surface area contributed by atoms with Gasteiger partial charge in [-0.1, -0.05) is 29.0 Å². The van der Waals surface area contributed by atoms with Crippen molar-refractivity contribution >= 4 is 8.73 Å². The van der Waals surface area contributed by atoms with Crippen LogP contribution in [0.3, 0.4) is 0 Å². The second kappa shape index (κ2) is 7.39. The molecule has 0 aromatic rings. The van der Waals surface area contributed by atoms with E-state index in [2.05, 4.69) is 18.9 Å². The number of unbranched alkanes of at least 4 members (excludes halogenated alkanes) is 1. The van der Waals surface area contributed by atoms with E-state index in [1.54, 1.807) is 0 Å². The minimum Gasteiger partial charge on any atom is -0.298 e. The maximum Gasteiger partial charge on any atom is -0.00123 e. The lowest BCUT2D eigenvalue weighted by Crippen LogP contribution is -2.02. The van der Waals surface area contributed by atoms with Crippen LogP contribution in [0.4, 0.5) is 0 Å². The predicted molar refractivity (Wildman–Crippen MR) is 41.8 cm³/mol. The van der Waals surface area contributed by atoms with Crippen molar-refractivity contribution in [3.8, 4) is 0 Å². The van der Waals surface area contributed by atoms with E-state index in [4.69, 9.17) is 0 Å². The molecule has 0 saturated carbocycles. The third-order valence-corrected chi connectivity index (χ3v) is 1.81. The second-order valence-electron chi connectivity index (χ2n) is 1.81. The average Bonchev–Trinajstić information content (AvgIpc) is 1.81. The van der Waals surface area contributed by atoms with Crippen molar-refractivity contribution in [2.24, 2.45) is 0 Å². The summed E-state index contributed by atoms with van der Waals surface area (Å²) < 4.78 is 0. The fourth-order valence-electron chi connectivity index (χ4n) is 0.479. The lowest BCUT2D eigenvalue weighted by molar-refractivity contribution is 0.773. The van der Waals surface area contributed by atoms with E-state index < -0.39 is 0 Å². The van der Waals surface area contributed by atoms with Gasteiger partial charge in [-0.15, -0.1) is 0 Å². The highest BCUT2D eigenvalue weighted by Crippen LogP contribution is 1.99. The van der Waals surface area contributed by atoms with Gasteiger partial charge in [0.2, 0.25) is 0 Å². The minimum atomic E-state index is 0.975. The Morgan fingerprint density at radius 2 is 2.12 bits per heavy atom. The molecule has 0 spiro atoms. The fraction of sp³-hybridized carbons (Fsp3) is 1.00. The molecular weight excluding hydrogens is 117 g/mol. The van der Waals surface area contributed by atoms with Gasteiger partial charge in [0.1, 0.15) is 0 Å². The molecule has 0 saturated heterocycles. The van der Waals surface area contributed by atoms with Gasteiger partial charge in [-0.3, -0.25) is 5.09 Å². The highest BCUT2D eigenvalue weighted by molar-refractivity contribution is 7.35. The summed E-state index contributed by atoms with van der Waals surface area (Å²) in [6.07, 6.45) is 3.91. The lowest BCUT2D eigenvalue weighted by Gasteiger charge is -1.98. The zero-order chi connectivity index (χ0) is 6.24. The molecule has 0 aliphatic rings. The van der Waals surface area contributed by atoms with Crippen LogP contribution in [0, 0.1) is 0 Å². The van der Waals surface area contributed by atoms with Crippen LogP contribution < -0.4 is 5.09 Å². The van der Waals surface area contributed by atoms with Gasteiger partial charge in [0, 0.05) is 0 Å². The molecule has 0 heterocycles. The van der Waals surface area contributed by atoms with Gasteiger partial charge in [-0.2, -0.15) is 0 Å². The smallest absolute Gasteiger partial charge is 0.00123 e. The Labute approximate surface area is 54.1 Å². The molecule has 0 amide bonds. The second-order valence-corrected chi connectivity index (χ2v) is 3.22. The Hall–Kier alpha value is 0.390.